The van der Waals surface area contributed by atoms with Crippen molar-refractivity contribution >= 4 is 25.5 Å². The molecule has 0 bridgehead atoms. The van der Waals surface area contributed by atoms with E-state index in [1.165, 1.54) is 0 Å². The fourth-order valence-corrected chi connectivity index (χ4v) is 1.93. The van der Waals surface area contributed by atoms with Crippen LogP contribution in [-0.4, -0.2) is 13.5 Å². The number of aromatic nitrogens is 3. The Hall–Kier alpha value is -0.700. The van der Waals surface area contributed by atoms with Crippen LogP contribution in [0.1, 0.15) is 27.2 Å². The molecule has 1 rings (SSSR count). The first kappa shape index (κ1) is 22.8. The van der Waals surface area contributed by atoms with Gasteiger partial charge in [0.25, 0.3) is 0 Å². The van der Waals surface area contributed by atoms with Crippen LogP contribution in [0.3, 0.4) is 0 Å². The van der Waals surface area contributed by atoms with Gasteiger partial charge in [0.15, 0.2) is 25.5 Å². The maximum Gasteiger partial charge on any atom is 0.166 e. The fourth-order valence-electron chi connectivity index (χ4n) is 0.107. The molecule has 0 radical (unpaired) electrons. The zero-order valence-corrected chi connectivity index (χ0v) is 17.9. The standard InChI is InChI=1S/C3H7.C2H6.CH3.N3P3.Rf/c1-3-2;1-2;;1-4-2-6-3-5-1;/h1,3H2,2H3;1-2H3;1H3;;/q-1;;-1;;. The second-order valence-electron chi connectivity index (χ2n) is 1.04. The molecule has 0 aliphatic rings. The van der Waals surface area contributed by atoms with E-state index in [9.17, 15) is 0 Å². The third kappa shape index (κ3) is 34.8. The summed E-state index contributed by atoms with van der Waals surface area (Å²) in [5.41, 5.74) is 0. The second-order valence-corrected chi connectivity index (χ2v) is 3.72. The molecule has 0 unspecified atom stereocenters. The normalized spacial score (nSPS) is 7.38. The molecule has 7 heteroatoms. The number of hydrogen-bond acceptors (Lipinski definition) is 3. The predicted octanol–water partition coefficient (Wildman–Crippen LogP) is 4.32. The summed E-state index contributed by atoms with van der Waals surface area (Å²) in [4.78, 5) is 0. The minimum atomic E-state index is 0. The largest absolute Gasteiger partial charge is 0.358 e. The van der Waals surface area contributed by atoms with Crippen molar-refractivity contribution in [3.05, 3.63) is 14.4 Å². The molecule has 0 spiro atoms. The van der Waals surface area contributed by atoms with Crippen LogP contribution in [0.2, 0.25) is 0 Å². The van der Waals surface area contributed by atoms with Gasteiger partial charge < -0.3 is 14.4 Å². The maximum atomic E-state index is 3.78. The summed E-state index contributed by atoms with van der Waals surface area (Å²) >= 11 is 0. The Labute approximate surface area is 81.1 Å². The van der Waals surface area contributed by atoms with Gasteiger partial charge in [0.05, 0.1) is 0 Å². The molecule has 1 aromatic heterocycles. The summed E-state index contributed by atoms with van der Waals surface area (Å²) in [6, 6.07) is 0. The van der Waals surface area contributed by atoms with Gasteiger partial charge in [-0.05, 0) is 0 Å². The van der Waals surface area contributed by atoms with Gasteiger partial charge in [-0.2, -0.15) is 19.9 Å². The van der Waals surface area contributed by atoms with Crippen LogP contribution in [-0.2, 0) is 0 Å². The van der Waals surface area contributed by atoms with Crippen LogP contribution in [0.15, 0.2) is 0 Å². The quantitative estimate of drug-likeness (QED) is 0.509. The van der Waals surface area contributed by atoms with E-state index in [1.807, 2.05) is 20.8 Å². The molecule has 0 saturated heterocycles. The number of rotatable bonds is 0. The van der Waals surface area contributed by atoms with Crippen molar-refractivity contribution < 1.29 is 0 Å². The van der Waals surface area contributed by atoms with Crippen LogP contribution in [0.5, 0.6) is 0 Å². The van der Waals surface area contributed by atoms with E-state index in [-0.39, 0.29) is 7.43 Å². The Balaban J connectivity index is -0.0000000517. The molecule has 74 valence electrons. The third-order valence-electron chi connectivity index (χ3n) is 0.240. The van der Waals surface area contributed by atoms with Gasteiger partial charge >= 0.3 is 0 Å². The van der Waals surface area contributed by atoms with Gasteiger partial charge in [0, 0.05) is 0 Å². The first-order chi connectivity index (χ1) is 5.41. The van der Waals surface area contributed by atoms with E-state index in [1.54, 1.807) is 0 Å². The molecule has 1 aromatic rings. The Bertz CT molecular complexity index is 106. The molecule has 0 aliphatic heterocycles. The Morgan fingerprint density at radius 2 is 1.15 bits per heavy atom. The van der Waals surface area contributed by atoms with Crippen LogP contribution < -0.4 is 0 Å². The van der Waals surface area contributed by atoms with Crippen molar-refractivity contribution in [1.82, 2.24) is 13.5 Å². The molecule has 3 nitrogen and oxygen atoms in total. The summed E-state index contributed by atoms with van der Waals surface area (Å²) in [5.74, 6) is 0. The van der Waals surface area contributed by atoms with Gasteiger partial charge in [-0.1, -0.05) is 20.8 Å². The van der Waals surface area contributed by atoms with E-state index >= 15 is 0 Å². The average molecular weight is 490 g/mol. The van der Waals surface area contributed by atoms with Gasteiger partial charge in [0.1, 0.15) is 0 Å². The van der Waals surface area contributed by atoms with E-state index in [0.717, 1.165) is 32.0 Å². The van der Waals surface area contributed by atoms with Gasteiger partial charge in [0.2, 0.25) is 0 Å². The second kappa shape index (κ2) is 30.2. The SMILES string of the molecule is CC.[CH2-]CC.[CH3-].[Rf].n1pnpnp1. The van der Waals surface area contributed by atoms with Gasteiger partial charge in [-0.15, -0.1) is 0 Å². The first-order valence-corrected chi connectivity index (χ1v) is 5.81. The summed E-state index contributed by atoms with van der Waals surface area (Å²) in [6.07, 6.45) is 1.00. The predicted molar refractivity (Wildman–Crippen MR) is 60.8 cm³/mol. The van der Waals surface area contributed by atoms with Crippen molar-refractivity contribution in [3.63, 3.8) is 0 Å². The topological polar surface area (TPSA) is 38.7 Å². The molecule has 0 fully saturated rings. The molecule has 0 aliphatic carbocycles. The molecule has 0 atom stereocenters. The summed E-state index contributed by atoms with van der Waals surface area (Å²) in [6.45, 7) is 9.50. The van der Waals surface area contributed by atoms with Crippen LogP contribution in [0, 0.1) is 14.4 Å². The van der Waals surface area contributed by atoms with Crippen LogP contribution in [0.4, 0.5) is 0 Å². The van der Waals surface area contributed by atoms with E-state index in [4.69, 9.17) is 0 Å². The molecule has 0 aromatic carbocycles. The maximum absolute atomic E-state index is 3.78. The van der Waals surface area contributed by atoms with Crippen molar-refractivity contribution in [2.24, 2.45) is 0 Å². The van der Waals surface area contributed by atoms with E-state index in [2.05, 4.69) is 20.5 Å². The minimum Gasteiger partial charge on any atom is -0.358 e. The molecule has 0 saturated carbocycles. The van der Waals surface area contributed by atoms with Crippen molar-refractivity contribution in [3.8, 4) is 0 Å². The summed E-state index contributed by atoms with van der Waals surface area (Å²) in [5, 5.41) is 0. The Morgan fingerprint density at radius 3 is 1.23 bits per heavy atom. The minimum absolute atomic E-state index is 0. The van der Waals surface area contributed by atoms with E-state index in [0.29, 0.717) is 0 Å². The molecule has 1 heterocycles. The van der Waals surface area contributed by atoms with Crippen LogP contribution in [0.25, 0.3) is 0 Å². The zero-order chi connectivity index (χ0) is 8.95. The Kier molecular flexibility index (Phi) is 53.0. The molecular weight excluding hydrogens is 474 g/mol. The van der Waals surface area contributed by atoms with Gasteiger partial charge in [-0.3, -0.25) is 0 Å². The smallest absolute Gasteiger partial charge is 0.166 e. The van der Waals surface area contributed by atoms with E-state index < -0.39 is 0 Å². The molecular formula is C6H16N3P3Rf-2. The molecule has 0 N–H and O–H groups in total. The molecule has 0 amide bonds. The third-order valence-corrected chi connectivity index (χ3v) is 2.16. The first-order valence-electron chi connectivity index (χ1n) is 3.41. The average Bonchev–Trinajstić information content (AvgIpc) is 2.12. The molecule has 13 heavy (non-hydrogen) atoms. The van der Waals surface area contributed by atoms with Crippen molar-refractivity contribution in [2.45, 2.75) is 27.2 Å². The monoisotopic (exact) mass is 490 g/mol. The van der Waals surface area contributed by atoms with Crippen LogP contribution >= 0.6 is 25.5 Å². The van der Waals surface area contributed by atoms with Crippen molar-refractivity contribution in [1.29, 1.82) is 0 Å². The number of hydrogen-bond donors (Lipinski definition) is 0. The van der Waals surface area contributed by atoms with Gasteiger partial charge in [-0.25, -0.2) is 0 Å². The summed E-state index contributed by atoms with van der Waals surface area (Å²) < 4.78 is 11.3. The summed E-state index contributed by atoms with van der Waals surface area (Å²) in [7, 11) is 2.49. The zero-order valence-electron chi connectivity index (χ0n) is 8.80. The van der Waals surface area contributed by atoms with Crippen molar-refractivity contribution in [2.75, 3.05) is 0 Å². The fraction of sp³-hybridized carbons (Fsp3) is 0.667. The number of nitrogens with zero attached hydrogens (tertiary/aromatic N) is 3. The Morgan fingerprint density at radius 1 is 1.00 bits per heavy atom.